The normalized spacial score (nSPS) is 17.9. The average Bonchev–Trinajstić information content (AvgIpc) is 2.88. The second-order valence-electron chi connectivity index (χ2n) is 5.78. The van der Waals surface area contributed by atoms with Gasteiger partial charge in [0.15, 0.2) is 0 Å². The van der Waals surface area contributed by atoms with Crippen LogP contribution in [0.5, 0.6) is 5.75 Å². The number of ether oxygens (including phenoxy) is 1. The first-order valence-electron chi connectivity index (χ1n) is 7.97. The number of halogens is 2. The van der Waals surface area contributed by atoms with Crippen molar-refractivity contribution in [1.82, 2.24) is 0 Å². The molecule has 0 radical (unpaired) electrons. The van der Waals surface area contributed by atoms with Crippen molar-refractivity contribution in [3.8, 4) is 5.75 Å². The number of allylic oxidation sites excluding steroid dienone is 1. The lowest BCUT2D eigenvalue weighted by molar-refractivity contribution is 0.264. The molecule has 116 valence electrons. The Bertz CT molecular complexity index is 464. The largest absolute Gasteiger partial charge is 0.493 e. The summed E-state index contributed by atoms with van der Waals surface area (Å²) in [5.41, 5.74) is 1.52. The van der Waals surface area contributed by atoms with Crippen LogP contribution in [-0.2, 0) is 0 Å². The number of benzene rings is 1. The Kier molecular flexibility index (Phi) is 6.56. The molecule has 0 unspecified atom stereocenters. The molecule has 0 bridgehead atoms. The Balaban J connectivity index is 1.80. The zero-order valence-corrected chi connectivity index (χ0v) is 13.5. The quantitative estimate of drug-likeness (QED) is 0.412. The van der Waals surface area contributed by atoms with Crippen molar-refractivity contribution < 1.29 is 9.13 Å². The van der Waals surface area contributed by atoms with Crippen LogP contribution in [0, 0.1) is 11.7 Å². The molecule has 1 aliphatic rings. The van der Waals surface area contributed by atoms with Gasteiger partial charge in [-0.05, 0) is 37.8 Å². The smallest absolute Gasteiger partial charge is 0.128 e. The van der Waals surface area contributed by atoms with Crippen LogP contribution in [0.15, 0.2) is 29.8 Å². The number of rotatable bonds is 8. The van der Waals surface area contributed by atoms with Gasteiger partial charge in [0.25, 0.3) is 0 Å². The SMILES string of the molecule is CCCCCCC1=CCC[C@@H]1COc1cc(F)cc(Cl)c1. The van der Waals surface area contributed by atoms with Gasteiger partial charge in [-0.3, -0.25) is 0 Å². The molecule has 0 spiro atoms. The molecule has 2 rings (SSSR count). The van der Waals surface area contributed by atoms with Crippen molar-refractivity contribution in [3.05, 3.63) is 40.7 Å². The summed E-state index contributed by atoms with van der Waals surface area (Å²) >= 11 is 5.84. The fourth-order valence-corrected chi connectivity index (χ4v) is 3.09. The third-order valence-electron chi connectivity index (χ3n) is 4.05. The van der Waals surface area contributed by atoms with Gasteiger partial charge in [-0.1, -0.05) is 49.4 Å². The molecule has 0 heterocycles. The van der Waals surface area contributed by atoms with E-state index in [0.717, 1.165) is 12.8 Å². The van der Waals surface area contributed by atoms with Gasteiger partial charge in [-0.15, -0.1) is 0 Å². The van der Waals surface area contributed by atoms with E-state index in [1.807, 2.05) is 0 Å². The molecule has 0 aromatic heterocycles. The predicted molar refractivity (Wildman–Crippen MR) is 86.5 cm³/mol. The van der Waals surface area contributed by atoms with Crippen LogP contribution in [0.2, 0.25) is 5.02 Å². The molecule has 1 nitrogen and oxygen atoms in total. The monoisotopic (exact) mass is 310 g/mol. The minimum atomic E-state index is -0.348. The molecule has 0 aliphatic heterocycles. The zero-order valence-electron chi connectivity index (χ0n) is 12.7. The van der Waals surface area contributed by atoms with E-state index in [-0.39, 0.29) is 5.82 Å². The Hall–Kier alpha value is -1.02. The average molecular weight is 311 g/mol. The summed E-state index contributed by atoms with van der Waals surface area (Å²) in [6.45, 7) is 2.86. The Morgan fingerprint density at radius 1 is 1.24 bits per heavy atom. The maximum absolute atomic E-state index is 13.3. The van der Waals surface area contributed by atoms with Gasteiger partial charge in [-0.2, -0.15) is 0 Å². The molecule has 0 amide bonds. The fourth-order valence-electron chi connectivity index (χ4n) is 2.88. The van der Waals surface area contributed by atoms with E-state index in [1.165, 1.54) is 49.8 Å². The van der Waals surface area contributed by atoms with Crippen molar-refractivity contribution in [2.45, 2.75) is 51.9 Å². The van der Waals surface area contributed by atoms with Crippen LogP contribution in [0.1, 0.15) is 51.9 Å². The highest BCUT2D eigenvalue weighted by atomic mass is 35.5. The lowest BCUT2D eigenvalue weighted by Gasteiger charge is -2.16. The van der Waals surface area contributed by atoms with Gasteiger partial charge in [0, 0.05) is 17.0 Å². The highest BCUT2D eigenvalue weighted by Crippen LogP contribution is 2.31. The van der Waals surface area contributed by atoms with Crippen LogP contribution < -0.4 is 4.74 Å². The van der Waals surface area contributed by atoms with Crippen LogP contribution in [-0.4, -0.2) is 6.61 Å². The lowest BCUT2D eigenvalue weighted by atomic mass is 9.97. The second kappa shape index (κ2) is 8.43. The van der Waals surface area contributed by atoms with Crippen molar-refractivity contribution >= 4 is 11.6 Å². The first kappa shape index (κ1) is 16.4. The lowest BCUT2D eigenvalue weighted by Crippen LogP contribution is -2.12. The molecule has 0 fully saturated rings. The highest BCUT2D eigenvalue weighted by Gasteiger charge is 2.19. The summed E-state index contributed by atoms with van der Waals surface area (Å²) in [6, 6.07) is 4.36. The summed E-state index contributed by atoms with van der Waals surface area (Å²) in [5.74, 6) is 0.658. The van der Waals surface area contributed by atoms with Gasteiger partial charge in [0.2, 0.25) is 0 Å². The molecule has 0 saturated carbocycles. The fraction of sp³-hybridized carbons (Fsp3) is 0.556. The molecule has 0 N–H and O–H groups in total. The molecular weight excluding hydrogens is 287 g/mol. The van der Waals surface area contributed by atoms with Crippen LogP contribution in [0.4, 0.5) is 4.39 Å². The van der Waals surface area contributed by atoms with E-state index in [0.29, 0.717) is 23.3 Å². The minimum Gasteiger partial charge on any atom is -0.493 e. The Labute approximate surface area is 132 Å². The summed E-state index contributed by atoms with van der Waals surface area (Å²) < 4.78 is 19.0. The minimum absolute atomic E-state index is 0.348. The Morgan fingerprint density at radius 2 is 2.10 bits per heavy atom. The molecule has 21 heavy (non-hydrogen) atoms. The summed E-state index contributed by atoms with van der Waals surface area (Å²) in [7, 11) is 0. The molecule has 3 heteroatoms. The van der Waals surface area contributed by atoms with E-state index >= 15 is 0 Å². The van der Waals surface area contributed by atoms with Gasteiger partial charge in [0.05, 0.1) is 6.61 Å². The third kappa shape index (κ3) is 5.35. The van der Waals surface area contributed by atoms with Crippen molar-refractivity contribution in [1.29, 1.82) is 0 Å². The van der Waals surface area contributed by atoms with Crippen LogP contribution >= 0.6 is 11.6 Å². The molecule has 1 aromatic carbocycles. The summed E-state index contributed by atoms with van der Waals surface area (Å²) in [5, 5.41) is 0.381. The van der Waals surface area contributed by atoms with Gasteiger partial charge in [-0.25, -0.2) is 4.39 Å². The van der Waals surface area contributed by atoms with Crippen LogP contribution in [0.3, 0.4) is 0 Å². The molecular formula is C18H24ClFO. The topological polar surface area (TPSA) is 9.23 Å². The van der Waals surface area contributed by atoms with Gasteiger partial charge in [0.1, 0.15) is 11.6 Å². The first-order chi connectivity index (χ1) is 10.2. The van der Waals surface area contributed by atoms with Crippen molar-refractivity contribution in [2.75, 3.05) is 6.61 Å². The Morgan fingerprint density at radius 3 is 2.86 bits per heavy atom. The highest BCUT2D eigenvalue weighted by molar-refractivity contribution is 6.30. The number of hydrogen-bond acceptors (Lipinski definition) is 1. The van der Waals surface area contributed by atoms with Crippen molar-refractivity contribution in [3.63, 3.8) is 0 Å². The van der Waals surface area contributed by atoms with Gasteiger partial charge < -0.3 is 4.74 Å². The zero-order chi connectivity index (χ0) is 15.1. The summed E-state index contributed by atoms with van der Waals surface area (Å²) in [6.07, 6.45) is 11.0. The third-order valence-corrected chi connectivity index (χ3v) is 4.27. The standard InChI is InChI=1S/C18H24ClFO/c1-2-3-4-5-7-14-8-6-9-15(14)13-21-18-11-16(19)10-17(20)12-18/h8,10-12,15H,2-7,9,13H2,1H3/t15-/m1/s1. The van der Waals surface area contributed by atoms with Gasteiger partial charge >= 0.3 is 0 Å². The van der Waals surface area contributed by atoms with E-state index in [9.17, 15) is 4.39 Å². The predicted octanol–water partition coefficient (Wildman–Crippen LogP) is 6.16. The summed E-state index contributed by atoms with van der Waals surface area (Å²) in [4.78, 5) is 0. The van der Waals surface area contributed by atoms with E-state index in [1.54, 1.807) is 6.07 Å². The number of unbranched alkanes of at least 4 members (excludes halogenated alkanes) is 3. The molecule has 1 atom stereocenters. The van der Waals surface area contributed by atoms with Crippen LogP contribution in [0.25, 0.3) is 0 Å². The maximum Gasteiger partial charge on any atom is 0.128 e. The van der Waals surface area contributed by atoms with E-state index in [2.05, 4.69) is 13.0 Å². The van der Waals surface area contributed by atoms with E-state index in [4.69, 9.17) is 16.3 Å². The first-order valence-corrected chi connectivity index (χ1v) is 8.34. The molecule has 1 aliphatic carbocycles. The number of hydrogen-bond donors (Lipinski definition) is 0. The van der Waals surface area contributed by atoms with E-state index < -0.39 is 0 Å². The molecule has 0 saturated heterocycles. The maximum atomic E-state index is 13.3. The second-order valence-corrected chi connectivity index (χ2v) is 6.22. The molecule has 1 aromatic rings. The van der Waals surface area contributed by atoms with Crippen molar-refractivity contribution in [2.24, 2.45) is 5.92 Å².